The Morgan fingerprint density at radius 1 is 1.23 bits per heavy atom. The summed E-state index contributed by atoms with van der Waals surface area (Å²) in [4.78, 5) is 22.5. The molecule has 0 spiro atoms. The molecule has 0 unspecified atom stereocenters. The van der Waals surface area contributed by atoms with Gasteiger partial charge in [-0.2, -0.15) is 0 Å². The molecular formula is C19H18INO5. The zero-order valence-corrected chi connectivity index (χ0v) is 16.3. The summed E-state index contributed by atoms with van der Waals surface area (Å²) in [5, 5.41) is 21.1. The molecule has 1 aliphatic carbocycles. The van der Waals surface area contributed by atoms with E-state index in [0.29, 0.717) is 15.0 Å². The number of fused-ring (bicyclic) bond motifs is 1. The van der Waals surface area contributed by atoms with Crippen LogP contribution < -0.4 is 10.1 Å². The third-order valence-corrected chi connectivity index (χ3v) is 5.12. The van der Waals surface area contributed by atoms with E-state index in [1.165, 1.54) is 0 Å². The van der Waals surface area contributed by atoms with Gasteiger partial charge in [0.25, 0.3) is 0 Å². The third kappa shape index (κ3) is 3.92. The van der Waals surface area contributed by atoms with Crippen molar-refractivity contribution in [3.8, 4) is 17.2 Å². The number of nitrogens with one attached hydrogen (secondary N) is 1. The van der Waals surface area contributed by atoms with E-state index in [4.69, 9.17) is 9.84 Å². The number of hydrogen-bond donors (Lipinski definition) is 3. The largest absolute Gasteiger partial charge is 0.507 e. The van der Waals surface area contributed by atoms with Gasteiger partial charge in [-0.1, -0.05) is 0 Å². The maximum absolute atomic E-state index is 11.8. The van der Waals surface area contributed by atoms with E-state index in [-0.39, 0.29) is 5.75 Å². The van der Waals surface area contributed by atoms with Gasteiger partial charge < -0.3 is 20.3 Å². The van der Waals surface area contributed by atoms with Crippen LogP contribution in [0.15, 0.2) is 24.3 Å². The Balaban J connectivity index is 1.93. The van der Waals surface area contributed by atoms with Gasteiger partial charge in [-0.05, 0) is 84.2 Å². The van der Waals surface area contributed by atoms with Crippen molar-refractivity contribution < 1.29 is 24.5 Å². The summed E-state index contributed by atoms with van der Waals surface area (Å²) in [6.07, 6.45) is 2.03. The number of carbonyl (C=O) groups excluding carboxylic acids is 1. The Labute approximate surface area is 164 Å². The van der Waals surface area contributed by atoms with Crippen LogP contribution in [0.1, 0.15) is 29.5 Å². The molecule has 2 aromatic rings. The lowest BCUT2D eigenvalue weighted by atomic mass is 10.0. The van der Waals surface area contributed by atoms with Crippen molar-refractivity contribution >= 4 is 40.2 Å². The molecule has 0 aliphatic heterocycles. The highest BCUT2D eigenvalue weighted by atomic mass is 127. The highest BCUT2D eigenvalue weighted by Crippen LogP contribution is 2.41. The third-order valence-electron chi connectivity index (χ3n) is 4.26. The molecule has 7 heteroatoms. The van der Waals surface area contributed by atoms with E-state index in [9.17, 15) is 14.7 Å². The first-order valence-electron chi connectivity index (χ1n) is 8.18. The van der Waals surface area contributed by atoms with Crippen LogP contribution in [0.25, 0.3) is 0 Å². The highest BCUT2D eigenvalue weighted by Gasteiger charge is 2.23. The minimum atomic E-state index is -1.15. The summed E-state index contributed by atoms with van der Waals surface area (Å²) in [6, 6.07) is 6.89. The molecule has 0 fully saturated rings. The van der Waals surface area contributed by atoms with Gasteiger partial charge in [0, 0.05) is 11.3 Å². The van der Waals surface area contributed by atoms with Crippen LogP contribution in [0.4, 0.5) is 5.69 Å². The number of aromatic hydroxyl groups is 1. The Morgan fingerprint density at radius 2 is 1.96 bits per heavy atom. The van der Waals surface area contributed by atoms with Gasteiger partial charge >= 0.3 is 5.97 Å². The van der Waals surface area contributed by atoms with Gasteiger partial charge in [-0.15, -0.1) is 0 Å². The van der Waals surface area contributed by atoms with E-state index >= 15 is 0 Å². The van der Waals surface area contributed by atoms with Crippen LogP contribution in [0.5, 0.6) is 17.2 Å². The molecule has 0 aromatic heterocycles. The molecule has 0 atom stereocenters. The number of anilines is 1. The molecule has 0 radical (unpaired) electrons. The van der Waals surface area contributed by atoms with Gasteiger partial charge in [0.2, 0.25) is 5.91 Å². The average Bonchev–Trinajstić information content (AvgIpc) is 3.03. The standard InChI is InChI=1S/C19H18INO5/c1-10-7-15(21-17(23)9-18(24)25)12-3-2-4-13(12)19(10)26-11-5-6-16(22)14(20)8-11/h5-8,22H,2-4,9H2,1H3,(H,21,23)(H,24,25). The van der Waals surface area contributed by atoms with E-state index in [0.717, 1.165) is 41.7 Å². The number of hydrogen-bond acceptors (Lipinski definition) is 4. The number of phenols is 1. The van der Waals surface area contributed by atoms with Crippen molar-refractivity contribution in [2.75, 3.05) is 5.32 Å². The second kappa shape index (κ2) is 7.53. The van der Waals surface area contributed by atoms with Crippen molar-refractivity contribution in [3.63, 3.8) is 0 Å². The molecule has 1 aliphatic rings. The number of aryl methyl sites for hydroxylation is 1. The molecule has 1 amide bonds. The summed E-state index contributed by atoms with van der Waals surface area (Å²) >= 11 is 2.04. The van der Waals surface area contributed by atoms with Crippen molar-refractivity contribution in [2.24, 2.45) is 0 Å². The first kappa shape index (κ1) is 18.5. The van der Waals surface area contributed by atoms with Crippen LogP contribution in [0, 0.1) is 10.5 Å². The second-order valence-electron chi connectivity index (χ2n) is 6.21. The van der Waals surface area contributed by atoms with Crippen LogP contribution in [0.3, 0.4) is 0 Å². The van der Waals surface area contributed by atoms with Crippen molar-refractivity contribution in [3.05, 3.63) is 44.5 Å². The smallest absolute Gasteiger partial charge is 0.312 e. The fourth-order valence-electron chi connectivity index (χ4n) is 3.15. The average molecular weight is 467 g/mol. The topological polar surface area (TPSA) is 95.9 Å². The van der Waals surface area contributed by atoms with Crippen molar-refractivity contribution in [2.45, 2.75) is 32.6 Å². The van der Waals surface area contributed by atoms with Crippen molar-refractivity contribution in [1.82, 2.24) is 0 Å². The number of phenolic OH excluding ortho intramolecular Hbond substituents is 1. The van der Waals surface area contributed by atoms with E-state index < -0.39 is 18.3 Å². The van der Waals surface area contributed by atoms with E-state index in [1.54, 1.807) is 18.2 Å². The highest BCUT2D eigenvalue weighted by molar-refractivity contribution is 14.1. The molecule has 3 rings (SSSR count). The van der Waals surface area contributed by atoms with Crippen molar-refractivity contribution in [1.29, 1.82) is 0 Å². The first-order chi connectivity index (χ1) is 12.3. The molecule has 3 N–H and O–H groups in total. The van der Waals surface area contributed by atoms with E-state index in [2.05, 4.69) is 5.32 Å². The summed E-state index contributed by atoms with van der Waals surface area (Å²) in [5.74, 6) is -0.0933. The molecular weight excluding hydrogens is 449 g/mol. The maximum atomic E-state index is 11.8. The second-order valence-corrected chi connectivity index (χ2v) is 7.38. The number of ether oxygens (including phenoxy) is 1. The number of benzene rings is 2. The maximum Gasteiger partial charge on any atom is 0.312 e. The molecule has 0 bridgehead atoms. The zero-order valence-electron chi connectivity index (χ0n) is 14.1. The minimum absolute atomic E-state index is 0.205. The van der Waals surface area contributed by atoms with Crippen LogP contribution >= 0.6 is 22.6 Å². The molecule has 0 heterocycles. The van der Waals surface area contributed by atoms with Gasteiger partial charge in [-0.25, -0.2) is 0 Å². The number of carboxylic acids is 1. The fraction of sp³-hybridized carbons (Fsp3) is 0.263. The number of halogens is 1. The fourth-order valence-corrected chi connectivity index (χ4v) is 3.64. The number of amides is 1. The number of aliphatic carboxylic acids is 1. The predicted molar refractivity (Wildman–Crippen MR) is 105 cm³/mol. The lowest BCUT2D eigenvalue weighted by Gasteiger charge is -2.17. The summed E-state index contributed by atoms with van der Waals surface area (Å²) in [5.41, 5.74) is 3.56. The lowest BCUT2D eigenvalue weighted by molar-refractivity contribution is -0.139. The summed E-state index contributed by atoms with van der Waals surface area (Å²) < 4.78 is 6.79. The van der Waals surface area contributed by atoms with Gasteiger partial charge in [-0.3, -0.25) is 9.59 Å². The van der Waals surface area contributed by atoms with E-state index in [1.807, 2.05) is 35.6 Å². The SMILES string of the molecule is Cc1cc(NC(=O)CC(=O)O)c2c(c1Oc1ccc(O)c(I)c1)CCC2. The molecule has 0 saturated carbocycles. The van der Waals surface area contributed by atoms with Crippen LogP contribution in [-0.4, -0.2) is 22.1 Å². The molecule has 2 aromatic carbocycles. The Morgan fingerprint density at radius 3 is 2.65 bits per heavy atom. The number of rotatable bonds is 5. The Hall–Kier alpha value is -2.29. The summed E-state index contributed by atoms with van der Waals surface area (Å²) in [6.45, 7) is 1.90. The predicted octanol–water partition coefficient (Wildman–Crippen LogP) is 4.00. The molecule has 0 saturated heterocycles. The Bertz CT molecular complexity index is 894. The van der Waals surface area contributed by atoms with Gasteiger partial charge in [0.15, 0.2) is 0 Å². The minimum Gasteiger partial charge on any atom is -0.507 e. The molecule has 6 nitrogen and oxygen atoms in total. The monoisotopic (exact) mass is 467 g/mol. The van der Waals surface area contributed by atoms with Gasteiger partial charge in [0.05, 0.1) is 3.57 Å². The normalized spacial score (nSPS) is 12.5. The zero-order chi connectivity index (χ0) is 18.8. The Kier molecular flexibility index (Phi) is 5.36. The number of carbonyl (C=O) groups is 2. The van der Waals surface area contributed by atoms with Gasteiger partial charge in [0.1, 0.15) is 23.7 Å². The number of carboxylic acid groups (broad SMARTS) is 1. The quantitative estimate of drug-likeness (QED) is 0.457. The van der Waals surface area contributed by atoms with Crippen LogP contribution in [-0.2, 0) is 22.4 Å². The lowest BCUT2D eigenvalue weighted by Crippen LogP contribution is -2.17. The first-order valence-corrected chi connectivity index (χ1v) is 9.26. The summed E-state index contributed by atoms with van der Waals surface area (Å²) in [7, 11) is 0. The van der Waals surface area contributed by atoms with Crippen LogP contribution in [0.2, 0.25) is 0 Å². The molecule has 136 valence electrons. The molecule has 26 heavy (non-hydrogen) atoms.